The Bertz CT molecular complexity index is 731. The first-order valence-electron chi connectivity index (χ1n) is 8.53. The minimum atomic E-state index is -0.286. The molecule has 0 saturated carbocycles. The van der Waals surface area contributed by atoms with E-state index in [0.29, 0.717) is 25.3 Å². The maximum atomic E-state index is 12.0. The molecule has 4 N–H and O–H groups in total. The van der Waals surface area contributed by atoms with Crippen LogP contribution in [0.25, 0.3) is 0 Å². The first-order chi connectivity index (χ1) is 12.6. The Morgan fingerprint density at radius 1 is 1.00 bits per heavy atom. The van der Waals surface area contributed by atoms with Gasteiger partial charge in [-0.25, -0.2) is 4.79 Å². The molecule has 1 heterocycles. The van der Waals surface area contributed by atoms with Crippen molar-refractivity contribution in [2.45, 2.75) is 20.0 Å². The van der Waals surface area contributed by atoms with E-state index >= 15 is 0 Å². The summed E-state index contributed by atoms with van der Waals surface area (Å²) >= 11 is 0. The van der Waals surface area contributed by atoms with Crippen LogP contribution in [0.15, 0.2) is 48.8 Å². The molecule has 0 aliphatic carbocycles. The normalized spacial score (nSPS) is 10.6. The Labute approximate surface area is 177 Å². The SMILES string of the molecule is CNCC(C)C(=O)NCc1cccc(NC(=O)NCc2ccncc2)c1.Cl.Cl. The number of carbonyl (C=O) groups excluding carboxylic acids is 2. The predicted molar refractivity (Wildman–Crippen MR) is 116 cm³/mol. The van der Waals surface area contributed by atoms with Crippen molar-refractivity contribution in [2.75, 3.05) is 18.9 Å². The summed E-state index contributed by atoms with van der Waals surface area (Å²) in [4.78, 5) is 27.9. The zero-order valence-corrected chi connectivity index (χ0v) is 17.5. The average molecular weight is 428 g/mol. The first kappa shape index (κ1) is 25.6. The molecule has 0 saturated heterocycles. The van der Waals surface area contributed by atoms with Crippen molar-refractivity contribution in [3.05, 3.63) is 59.9 Å². The monoisotopic (exact) mass is 427 g/mol. The Hall–Kier alpha value is -2.35. The largest absolute Gasteiger partial charge is 0.352 e. The number of nitrogens with zero attached hydrogens (tertiary/aromatic N) is 1. The number of nitrogens with one attached hydrogen (secondary N) is 4. The van der Waals surface area contributed by atoms with Gasteiger partial charge in [-0.05, 0) is 42.4 Å². The molecule has 0 aliphatic heterocycles. The van der Waals surface area contributed by atoms with E-state index in [0.717, 1.165) is 11.1 Å². The van der Waals surface area contributed by atoms with Gasteiger partial charge < -0.3 is 21.3 Å². The summed E-state index contributed by atoms with van der Waals surface area (Å²) in [6.07, 6.45) is 3.37. The lowest BCUT2D eigenvalue weighted by Crippen LogP contribution is -2.33. The molecule has 0 spiro atoms. The van der Waals surface area contributed by atoms with E-state index in [4.69, 9.17) is 0 Å². The molecule has 7 nitrogen and oxygen atoms in total. The van der Waals surface area contributed by atoms with Crippen LogP contribution >= 0.6 is 24.8 Å². The van der Waals surface area contributed by atoms with Gasteiger partial charge in [0.15, 0.2) is 0 Å². The van der Waals surface area contributed by atoms with Gasteiger partial charge in [0, 0.05) is 43.6 Å². The number of hydrogen-bond acceptors (Lipinski definition) is 4. The fourth-order valence-corrected chi connectivity index (χ4v) is 2.38. The third kappa shape index (κ3) is 9.03. The van der Waals surface area contributed by atoms with E-state index < -0.39 is 0 Å². The molecule has 2 rings (SSSR count). The molecule has 0 radical (unpaired) electrons. The second-order valence-corrected chi connectivity index (χ2v) is 6.04. The van der Waals surface area contributed by atoms with Gasteiger partial charge >= 0.3 is 6.03 Å². The van der Waals surface area contributed by atoms with Crippen molar-refractivity contribution in [1.82, 2.24) is 20.9 Å². The summed E-state index contributed by atoms with van der Waals surface area (Å²) < 4.78 is 0. The van der Waals surface area contributed by atoms with Crippen molar-refractivity contribution >= 4 is 42.4 Å². The lowest BCUT2D eigenvalue weighted by molar-refractivity contribution is -0.124. The lowest BCUT2D eigenvalue weighted by Gasteiger charge is -2.12. The highest BCUT2D eigenvalue weighted by Gasteiger charge is 2.11. The smallest absolute Gasteiger partial charge is 0.319 e. The van der Waals surface area contributed by atoms with E-state index in [-0.39, 0.29) is 42.7 Å². The van der Waals surface area contributed by atoms with E-state index in [1.807, 2.05) is 44.3 Å². The second-order valence-electron chi connectivity index (χ2n) is 6.04. The molecule has 0 fully saturated rings. The number of benzene rings is 1. The van der Waals surface area contributed by atoms with Gasteiger partial charge in [-0.1, -0.05) is 19.1 Å². The standard InChI is InChI=1S/C19H25N5O2.2ClH/c1-14(11-20-2)18(25)22-13-16-4-3-5-17(10-16)24-19(26)23-12-15-6-8-21-9-7-15;;/h3-10,14,20H,11-13H2,1-2H3,(H,22,25)(H2,23,24,26);2*1H. The number of anilines is 1. The van der Waals surface area contributed by atoms with E-state index in [2.05, 4.69) is 26.3 Å². The van der Waals surface area contributed by atoms with Gasteiger partial charge in [0.05, 0.1) is 0 Å². The summed E-state index contributed by atoms with van der Waals surface area (Å²) in [7, 11) is 1.82. The summed E-state index contributed by atoms with van der Waals surface area (Å²) in [6.45, 7) is 3.34. The van der Waals surface area contributed by atoms with Crippen LogP contribution in [-0.2, 0) is 17.9 Å². The van der Waals surface area contributed by atoms with Crippen molar-refractivity contribution in [2.24, 2.45) is 5.92 Å². The van der Waals surface area contributed by atoms with Gasteiger partial charge in [0.1, 0.15) is 0 Å². The zero-order chi connectivity index (χ0) is 18.8. The molecule has 1 atom stereocenters. The number of halogens is 2. The van der Waals surface area contributed by atoms with Gasteiger partial charge in [0.2, 0.25) is 5.91 Å². The zero-order valence-electron chi connectivity index (χ0n) is 15.9. The van der Waals surface area contributed by atoms with Gasteiger partial charge in [-0.2, -0.15) is 0 Å². The van der Waals surface area contributed by atoms with E-state index in [1.54, 1.807) is 18.5 Å². The van der Waals surface area contributed by atoms with Gasteiger partial charge in [0.25, 0.3) is 0 Å². The van der Waals surface area contributed by atoms with Gasteiger partial charge in [-0.3, -0.25) is 9.78 Å². The van der Waals surface area contributed by atoms with Crippen LogP contribution in [0.5, 0.6) is 0 Å². The summed E-state index contributed by atoms with van der Waals surface area (Å²) in [5.74, 6) is -0.104. The summed E-state index contributed by atoms with van der Waals surface area (Å²) in [5, 5.41) is 11.5. The maximum absolute atomic E-state index is 12.0. The fraction of sp³-hybridized carbons (Fsp3) is 0.316. The Morgan fingerprint density at radius 3 is 2.36 bits per heavy atom. The lowest BCUT2D eigenvalue weighted by atomic mass is 10.1. The topological polar surface area (TPSA) is 95.2 Å². The van der Waals surface area contributed by atoms with Crippen LogP contribution in [0.1, 0.15) is 18.1 Å². The highest BCUT2D eigenvalue weighted by Crippen LogP contribution is 2.11. The van der Waals surface area contributed by atoms with Crippen LogP contribution in [0.3, 0.4) is 0 Å². The molecule has 1 aromatic carbocycles. The van der Waals surface area contributed by atoms with Crippen LogP contribution < -0.4 is 21.3 Å². The first-order valence-corrected chi connectivity index (χ1v) is 8.53. The number of amides is 3. The molecule has 0 aliphatic rings. The van der Waals surface area contributed by atoms with Crippen LogP contribution in [0.2, 0.25) is 0 Å². The molecule has 3 amide bonds. The number of rotatable bonds is 8. The number of hydrogen-bond donors (Lipinski definition) is 4. The van der Waals surface area contributed by atoms with E-state index in [1.165, 1.54) is 0 Å². The van der Waals surface area contributed by atoms with Gasteiger partial charge in [-0.15, -0.1) is 24.8 Å². The van der Waals surface area contributed by atoms with Crippen LogP contribution in [-0.4, -0.2) is 30.5 Å². The molecule has 1 unspecified atom stereocenters. The Kier molecular flexibility index (Phi) is 12.6. The number of aromatic nitrogens is 1. The van der Waals surface area contributed by atoms with Crippen molar-refractivity contribution < 1.29 is 9.59 Å². The fourth-order valence-electron chi connectivity index (χ4n) is 2.38. The average Bonchev–Trinajstić information content (AvgIpc) is 2.66. The van der Waals surface area contributed by atoms with Crippen molar-refractivity contribution in [3.63, 3.8) is 0 Å². The summed E-state index contributed by atoms with van der Waals surface area (Å²) in [5.41, 5.74) is 2.57. The number of pyridine rings is 1. The predicted octanol–water partition coefficient (Wildman–Crippen LogP) is 2.72. The minimum Gasteiger partial charge on any atom is -0.352 e. The third-order valence-electron chi connectivity index (χ3n) is 3.81. The molecule has 154 valence electrons. The summed E-state index contributed by atoms with van der Waals surface area (Å²) in [6, 6.07) is 10.8. The van der Waals surface area contributed by atoms with Crippen LogP contribution in [0, 0.1) is 5.92 Å². The molecule has 28 heavy (non-hydrogen) atoms. The van der Waals surface area contributed by atoms with Crippen LogP contribution in [0.4, 0.5) is 10.5 Å². The van der Waals surface area contributed by atoms with Crippen molar-refractivity contribution in [3.8, 4) is 0 Å². The number of urea groups is 1. The highest BCUT2D eigenvalue weighted by molar-refractivity contribution is 5.89. The van der Waals surface area contributed by atoms with E-state index in [9.17, 15) is 9.59 Å². The van der Waals surface area contributed by atoms with Crippen molar-refractivity contribution in [1.29, 1.82) is 0 Å². The quantitative estimate of drug-likeness (QED) is 0.520. The Morgan fingerprint density at radius 2 is 1.68 bits per heavy atom. The molecule has 9 heteroatoms. The molecule has 1 aromatic heterocycles. The molecular weight excluding hydrogens is 401 g/mol. The third-order valence-corrected chi connectivity index (χ3v) is 3.81. The Balaban J connectivity index is 0.00000364. The molecule has 0 bridgehead atoms. The molecular formula is C19H27Cl2N5O2. The highest BCUT2D eigenvalue weighted by atomic mass is 35.5. The minimum absolute atomic E-state index is 0. The second kappa shape index (κ2) is 13.8. The maximum Gasteiger partial charge on any atom is 0.319 e. The molecule has 2 aromatic rings. The number of carbonyl (C=O) groups is 2.